The molecule has 0 spiro atoms. The predicted molar refractivity (Wildman–Crippen MR) is 229 cm³/mol. The lowest BCUT2D eigenvalue weighted by molar-refractivity contribution is -0.120. The molecular weight excluding hydrogens is 801 g/mol. The number of anilines is 6. The minimum absolute atomic E-state index is 0.0530. The number of hydrogen-bond acceptors (Lipinski definition) is 13. The number of nitriles is 1. The van der Waals surface area contributed by atoms with Crippen molar-refractivity contribution in [1.82, 2.24) is 25.2 Å². The van der Waals surface area contributed by atoms with Gasteiger partial charge in [0.15, 0.2) is 5.13 Å². The van der Waals surface area contributed by atoms with E-state index in [0.717, 1.165) is 69.1 Å². The standard InChI is InChI=1S/C40H47Cl2N11O4S/c1-27-8-6-9-30(42)38(27)49-39(56)33-25-45-40(58-33)48-34-23-35(47-28(2)46-34)51-18-16-50(17-19-51)14-5-3-4-13-44-36(54)26-52-20-21-57-32-22-29(10-11-31(32)52)53(15-7-12-43)37(55)24-41/h6,8-11,22-23,25H,3-5,7,13-21,24,26H2,1-2H3,(H,44,54)(H,49,56)(H,45,46,47,48). The quantitative estimate of drug-likeness (QED) is 0.0839. The van der Waals surface area contributed by atoms with Crippen LogP contribution in [0.2, 0.25) is 5.02 Å². The van der Waals surface area contributed by atoms with E-state index in [0.29, 0.717) is 63.5 Å². The van der Waals surface area contributed by atoms with Crippen LogP contribution in [0.25, 0.3) is 0 Å². The summed E-state index contributed by atoms with van der Waals surface area (Å²) in [5.41, 5.74) is 2.85. The van der Waals surface area contributed by atoms with Gasteiger partial charge in [-0.05, 0) is 57.0 Å². The summed E-state index contributed by atoms with van der Waals surface area (Å²) in [4.78, 5) is 60.4. The average Bonchev–Trinajstić information content (AvgIpc) is 3.69. The molecule has 3 amide bonds. The normalized spacial score (nSPS) is 13.9. The summed E-state index contributed by atoms with van der Waals surface area (Å²) in [5.74, 6) is 1.87. The molecule has 0 radical (unpaired) electrons. The fraction of sp³-hybridized carbons (Fsp3) is 0.425. The third-order valence-corrected chi connectivity index (χ3v) is 11.3. The lowest BCUT2D eigenvalue weighted by Crippen LogP contribution is -2.47. The number of piperazine rings is 1. The number of ether oxygens (including phenoxy) is 1. The van der Waals surface area contributed by atoms with E-state index in [1.54, 1.807) is 18.2 Å². The van der Waals surface area contributed by atoms with E-state index in [1.807, 2.05) is 43.0 Å². The van der Waals surface area contributed by atoms with Crippen molar-refractivity contribution < 1.29 is 19.1 Å². The van der Waals surface area contributed by atoms with Crippen molar-refractivity contribution in [3.63, 3.8) is 0 Å². The number of para-hydroxylation sites is 1. The first-order chi connectivity index (χ1) is 28.1. The van der Waals surface area contributed by atoms with Gasteiger partial charge in [0, 0.05) is 57.1 Å². The number of carbonyl (C=O) groups excluding carboxylic acids is 3. The number of alkyl halides is 1. The van der Waals surface area contributed by atoms with Gasteiger partial charge >= 0.3 is 0 Å². The number of unbranched alkanes of at least 4 members (excludes halogenated alkanes) is 2. The highest BCUT2D eigenvalue weighted by Crippen LogP contribution is 2.35. The van der Waals surface area contributed by atoms with Gasteiger partial charge in [-0.25, -0.2) is 15.0 Å². The van der Waals surface area contributed by atoms with Gasteiger partial charge in [-0.2, -0.15) is 5.26 Å². The van der Waals surface area contributed by atoms with Crippen LogP contribution in [-0.4, -0.2) is 109 Å². The average molecular weight is 849 g/mol. The number of fused-ring (bicyclic) bond motifs is 1. The molecule has 0 aliphatic carbocycles. The number of aromatic nitrogens is 3. The number of halogens is 2. The first-order valence-corrected chi connectivity index (χ1v) is 21.0. The molecule has 18 heteroatoms. The van der Waals surface area contributed by atoms with Gasteiger partial charge in [-0.3, -0.25) is 19.3 Å². The van der Waals surface area contributed by atoms with Gasteiger partial charge in [0.25, 0.3) is 5.91 Å². The molecule has 0 atom stereocenters. The van der Waals surface area contributed by atoms with Gasteiger partial charge in [-0.1, -0.05) is 41.5 Å². The molecule has 306 valence electrons. The number of rotatable bonds is 17. The minimum atomic E-state index is -0.289. The second-order valence-electron chi connectivity index (χ2n) is 13.9. The van der Waals surface area contributed by atoms with Crippen LogP contribution in [0.5, 0.6) is 5.75 Å². The van der Waals surface area contributed by atoms with Crippen LogP contribution in [0.1, 0.15) is 46.7 Å². The van der Waals surface area contributed by atoms with Crippen molar-refractivity contribution in [2.24, 2.45) is 0 Å². The van der Waals surface area contributed by atoms with Gasteiger partial charge in [0.2, 0.25) is 11.8 Å². The Morgan fingerprint density at radius 1 is 1.03 bits per heavy atom. The van der Waals surface area contributed by atoms with Crippen molar-refractivity contribution in [1.29, 1.82) is 5.26 Å². The molecule has 4 aromatic rings. The fourth-order valence-corrected chi connectivity index (χ4v) is 7.95. The zero-order chi connectivity index (χ0) is 41.0. The van der Waals surface area contributed by atoms with Crippen molar-refractivity contribution in [2.75, 3.05) is 96.7 Å². The number of thiazole rings is 1. The van der Waals surface area contributed by atoms with Crippen molar-refractivity contribution in [3.8, 4) is 11.8 Å². The molecule has 0 saturated carbocycles. The maximum Gasteiger partial charge on any atom is 0.267 e. The van der Waals surface area contributed by atoms with Crippen molar-refractivity contribution in [2.45, 2.75) is 39.5 Å². The number of amides is 3. The van der Waals surface area contributed by atoms with E-state index in [1.165, 1.54) is 22.4 Å². The number of benzene rings is 2. The third kappa shape index (κ3) is 11.3. The molecular formula is C40H47Cl2N11O4S. The van der Waals surface area contributed by atoms with Gasteiger partial charge < -0.3 is 35.4 Å². The highest BCUT2D eigenvalue weighted by molar-refractivity contribution is 7.17. The molecule has 15 nitrogen and oxygen atoms in total. The van der Waals surface area contributed by atoms with Crippen LogP contribution in [0.3, 0.4) is 0 Å². The van der Waals surface area contributed by atoms with Gasteiger partial charge in [0.1, 0.15) is 40.6 Å². The number of hydrogen-bond donors (Lipinski definition) is 3. The highest BCUT2D eigenvalue weighted by atomic mass is 35.5. The maximum atomic E-state index is 12.9. The lowest BCUT2D eigenvalue weighted by atomic mass is 10.2. The molecule has 0 bridgehead atoms. The minimum Gasteiger partial charge on any atom is -0.489 e. The monoisotopic (exact) mass is 847 g/mol. The number of nitrogens with zero attached hydrogens (tertiary/aromatic N) is 8. The first kappa shape index (κ1) is 42.4. The molecule has 1 fully saturated rings. The van der Waals surface area contributed by atoms with Crippen LogP contribution in [-0.2, 0) is 9.59 Å². The summed E-state index contributed by atoms with van der Waals surface area (Å²) in [7, 11) is 0. The van der Waals surface area contributed by atoms with E-state index in [-0.39, 0.29) is 43.1 Å². The summed E-state index contributed by atoms with van der Waals surface area (Å²) < 4.78 is 5.86. The Kier molecular flexibility index (Phi) is 15.0. The molecule has 6 rings (SSSR count). The second kappa shape index (κ2) is 20.5. The molecule has 2 aromatic carbocycles. The number of carbonyl (C=O) groups is 3. The SMILES string of the molecule is Cc1nc(Nc2ncc(C(=O)Nc3c(C)cccc3Cl)s2)cc(N2CCN(CCCCCNC(=O)CN3CCOc4cc(N(CCC#N)C(=O)CCl)ccc43)CC2)n1. The van der Waals surface area contributed by atoms with Crippen LogP contribution in [0, 0.1) is 25.2 Å². The molecule has 1 saturated heterocycles. The topological polar surface area (TPSA) is 172 Å². The smallest absolute Gasteiger partial charge is 0.267 e. The Morgan fingerprint density at radius 3 is 2.64 bits per heavy atom. The molecule has 58 heavy (non-hydrogen) atoms. The van der Waals surface area contributed by atoms with E-state index in [4.69, 9.17) is 38.2 Å². The number of aryl methyl sites for hydroxylation is 2. The van der Waals surface area contributed by atoms with Crippen LogP contribution in [0.4, 0.5) is 33.8 Å². The Bertz CT molecular complexity index is 2100. The molecule has 2 aliphatic rings. The largest absolute Gasteiger partial charge is 0.489 e. The first-order valence-electron chi connectivity index (χ1n) is 19.3. The van der Waals surface area contributed by atoms with E-state index in [2.05, 4.69) is 41.8 Å². The zero-order valence-electron chi connectivity index (χ0n) is 32.6. The highest BCUT2D eigenvalue weighted by Gasteiger charge is 2.24. The summed E-state index contributed by atoms with van der Waals surface area (Å²) in [6, 6.07) is 14.9. The fourth-order valence-electron chi connectivity index (χ4n) is 6.81. The summed E-state index contributed by atoms with van der Waals surface area (Å²) in [6.45, 7) is 10.3. The Labute approximate surface area is 352 Å². The molecule has 2 aliphatic heterocycles. The lowest BCUT2D eigenvalue weighted by Gasteiger charge is -2.35. The van der Waals surface area contributed by atoms with Crippen LogP contribution < -0.4 is 35.4 Å². The molecule has 2 aromatic heterocycles. The van der Waals surface area contributed by atoms with Crippen LogP contribution >= 0.6 is 34.5 Å². The Hall–Kier alpha value is -5.21. The van der Waals surface area contributed by atoms with Gasteiger partial charge in [-0.15, -0.1) is 11.6 Å². The Morgan fingerprint density at radius 2 is 1.86 bits per heavy atom. The van der Waals surface area contributed by atoms with Crippen molar-refractivity contribution in [3.05, 3.63) is 69.9 Å². The molecule has 3 N–H and O–H groups in total. The number of nitrogens with one attached hydrogen (secondary N) is 3. The predicted octanol–water partition coefficient (Wildman–Crippen LogP) is 5.99. The zero-order valence-corrected chi connectivity index (χ0v) is 34.9. The maximum absolute atomic E-state index is 12.9. The Balaban J connectivity index is 0.890. The molecule has 4 heterocycles. The van der Waals surface area contributed by atoms with E-state index < -0.39 is 0 Å². The van der Waals surface area contributed by atoms with Crippen molar-refractivity contribution >= 4 is 86.1 Å². The summed E-state index contributed by atoms with van der Waals surface area (Å²) in [5, 5.41) is 19.2. The van der Waals surface area contributed by atoms with E-state index >= 15 is 0 Å². The summed E-state index contributed by atoms with van der Waals surface area (Å²) >= 11 is 13.3. The summed E-state index contributed by atoms with van der Waals surface area (Å²) in [6.07, 6.45) is 4.66. The second-order valence-corrected chi connectivity index (χ2v) is 15.7. The third-order valence-electron chi connectivity index (χ3n) is 9.83. The van der Waals surface area contributed by atoms with Gasteiger partial charge in [0.05, 0.1) is 48.2 Å². The molecule has 0 unspecified atom stereocenters. The van der Waals surface area contributed by atoms with E-state index in [9.17, 15) is 14.4 Å². The van der Waals surface area contributed by atoms with Crippen LogP contribution in [0.15, 0.2) is 48.7 Å².